The smallest absolute Gasteiger partial charge is 0.320 e. The molecule has 0 radical (unpaired) electrons. The number of benzene rings is 1. The van der Waals surface area contributed by atoms with Crippen molar-refractivity contribution in [1.29, 1.82) is 0 Å². The van der Waals surface area contributed by atoms with E-state index in [9.17, 15) is 25.2 Å². The summed E-state index contributed by atoms with van der Waals surface area (Å²) < 4.78 is 5.60. The van der Waals surface area contributed by atoms with Crippen LogP contribution in [0.2, 0.25) is 0 Å². The fraction of sp³-hybridized carbons (Fsp3) is 0.471. The number of aliphatic hydroxyl groups excluding tert-OH is 4. The van der Waals surface area contributed by atoms with E-state index in [2.05, 4.69) is 4.98 Å². The first-order chi connectivity index (χ1) is 12.3. The first-order valence-electron chi connectivity index (χ1n) is 8.23. The topological polar surface area (TPSA) is 169 Å². The second-order valence-corrected chi connectivity index (χ2v) is 6.46. The number of carboxylic acids is 1. The summed E-state index contributed by atoms with van der Waals surface area (Å²) in [6.45, 7) is -0.550. The summed E-state index contributed by atoms with van der Waals surface area (Å²) in [4.78, 5) is 14.3. The monoisotopic (exact) mass is 366 g/mol. The minimum Gasteiger partial charge on any atom is -0.480 e. The molecule has 2 heterocycles. The van der Waals surface area contributed by atoms with Gasteiger partial charge >= 0.3 is 5.97 Å². The minimum atomic E-state index is -1.53. The van der Waals surface area contributed by atoms with Gasteiger partial charge in [-0.15, -0.1) is 0 Å². The number of carboxylic acid groups (broad SMARTS) is 1. The predicted octanol–water partition coefficient (Wildman–Crippen LogP) is -1.36. The molecule has 26 heavy (non-hydrogen) atoms. The number of H-pyrrole nitrogens is 1. The lowest BCUT2D eigenvalue weighted by Gasteiger charge is -2.40. The predicted molar refractivity (Wildman–Crippen MR) is 90.3 cm³/mol. The van der Waals surface area contributed by atoms with Crippen molar-refractivity contribution in [2.45, 2.75) is 43.0 Å². The molecule has 9 heteroatoms. The number of aliphatic carboxylic acids is 1. The van der Waals surface area contributed by atoms with Crippen molar-refractivity contribution in [3.05, 3.63) is 35.5 Å². The van der Waals surface area contributed by atoms with Crippen molar-refractivity contribution in [3.63, 3.8) is 0 Å². The number of hydrogen-bond donors (Lipinski definition) is 7. The van der Waals surface area contributed by atoms with Crippen molar-refractivity contribution in [1.82, 2.24) is 4.98 Å². The molecule has 0 unspecified atom stereocenters. The summed E-state index contributed by atoms with van der Waals surface area (Å²) in [5.41, 5.74) is 7.28. The Morgan fingerprint density at radius 3 is 2.54 bits per heavy atom. The molecule has 0 bridgehead atoms. The third-order valence-corrected chi connectivity index (χ3v) is 4.76. The van der Waals surface area contributed by atoms with Crippen LogP contribution in [-0.4, -0.2) is 73.6 Å². The van der Waals surface area contributed by atoms with Crippen LogP contribution in [0, 0.1) is 0 Å². The molecular weight excluding hydrogens is 344 g/mol. The molecule has 1 aliphatic heterocycles. The number of nitrogens with two attached hydrogens (primary N) is 1. The fourth-order valence-corrected chi connectivity index (χ4v) is 3.33. The summed E-state index contributed by atoms with van der Waals surface area (Å²) in [5, 5.41) is 49.6. The molecule has 1 aliphatic rings. The Morgan fingerprint density at radius 1 is 1.19 bits per heavy atom. The molecule has 0 saturated carbocycles. The average Bonchev–Trinajstić information content (AvgIpc) is 2.98. The standard InChI is InChI=1S/C17H22N2O7/c18-9(17(24)25)5-8-7-3-1-2-4-10(7)19-12(8)16-15(23)14(22)13(21)11(6-20)26-16/h1-4,9,11,13-16,19-23H,5-6,18H2,(H,24,25)/t9-,11-,13-,14+,15+,16+/m1/s1. The van der Waals surface area contributed by atoms with Crippen LogP contribution in [-0.2, 0) is 16.0 Å². The number of fused-ring (bicyclic) bond motifs is 1. The summed E-state index contributed by atoms with van der Waals surface area (Å²) >= 11 is 0. The molecule has 3 rings (SSSR count). The molecule has 142 valence electrons. The lowest BCUT2D eigenvalue weighted by atomic mass is 9.90. The largest absolute Gasteiger partial charge is 0.480 e. The zero-order valence-corrected chi connectivity index (χ0v) is 13.8. The van der Waals surface area contributed by atoms with Crippen molar-refractivity contribution < 1.29 is 35.1 Å². The van der Waals surface area contributed by atoms with E-state index in [0.29, 0.717) is 16.8 Å². The van der Waals surface area contributed by atoms with Gasteiger partial charge in [-0.25, -0.2) is 0 Å². The van der Waals surface area contributed by atoms with Crippen LogP contribution in [0.15, 0.2) is 24.3 Å². The average molecular weight is 366 g/mol. The molecule has 9 nitrogen and oxygen atoms in total. The maximum atomic E-state index is 11.2. The van der Waals surface area contributed by atoms with Crippen LogP contribution in [0.1, 0.15) is 17.4 Å². The fourth-order valence-electron chi connectivity index (χ4n) is 3.33. The van der Waals surface area contributed by atoms with E-state index in [1.165, 1.54) is 0 Å². The second-order valence-electron chi connectivity index (χ2n) is 6.46. The van der Waals surface area contributed by atoms with Gasteiger partial charge in [0, 0.05) is 17.3 Å². The van der Waals surface area contributed by atoms with Crippen LogP contribution in [0.25, 0.3) is 10.9 Å². The van der Waals surface area contributed by atoms with Gasteiger partial charge in [0.25, 0.3) is 0 Å². The van der Waals surface area contributed by atoms with E-state index in [0.717, 1.165) is 5.39 Å². The zero-order valence-electron chi connectivity index (χ0n) is 13.8. The van der Waals surface area contributed by atoms with Crippen molar-refractivity contribution in [2.24, 2.45) is 5.73 Å². The Bertz CT molecular complexity index is 791. The molecule has 0 aliphatic carbocycles. The second kappa shape index (κ2) is 7.31. The van der Waals surface area contributed by atoms with E-state index in [1.54, 1.807) is 24.3 Å². The summed E-state index contributed by atoms with van der Waals surface area (Å²) in [7, 11) is 0. The van der Waals surface area contributed by atoms with E-state index >= 15 is 0 Å². The molecule has 0 amide bonds. The molecule has 1 fully saturated rings. The number of rotatable bonds is 5. The zero-order chi connectivity index (χ0) is 19.0. The van der Waals surface area contributed by atoms with Gasteiger partial charge in [0.15, 0.2) is 0 Å². The molecule has 0 spiro atoms. The van der Waals surface area contributed by atoms with Crippen molar-refractivity contribution in [2.75, 3.05) is 6.61 Å². The van der Waals surface area contributed by atoms with Crippen molar-refractivity contribution >= 4 is 16.9 Å². The normalized spacial score (nSPS) is 30.4. The van der Waals surface area contributed by atoms with Gasteiger partial charge in [-0.2, -0.15) is 0 Å². The van der Waals surface area contributed by atoms with Crippen LogP contribution in [0.4, 0.5) is 0 Å². The molecule has 8 N–H and O–H groups in total. The van der Waals surface area contributed by atoms with Crippen LogP contribution in [0.3, 0.4) is 0 Å². The van der Waals surface area contributed by atoms with Gasteiger partial charge in [0.05, 0.1) is 12.3 Å². The molecule has 2 aromatic rings. The number of aromatic amines is 1. The third-order valence-electron chi connectivity index (χ3n) is 4.76. The highest BCUT2D eigenvalue weighted by molar-refractivity contribution is 5.86. The summed E-state index contributed by atoms with van der Waals surface area (Å²) in [6, 6.07) is 5.96. The van der Waals surface area contributed by atoms with Gasteiger partial charge in [0.2, 0.25) is 0 Å². The highest BCUT2D eigenvalue weighted by Gasteiger charge is 2.45. The Labute approximate surface area is 148 Å². The van der Waals surface area contributed by atoms with Crippen LogP contribution in [0.5, 0.6) is 0 Å². The highest BCUT2D eigenvalue weighted by Crippen LogP contribution is 2.36. The highest BCUT2D eigenvalue weighted by atomic mass is 16.5. The Balaban J connectivity index is 2.07. The SMILES string of the molecule is N[C@H](Cc1c([C@@H]2O[C@H](CO)[C@@H](O)[C@H](O)[C@@H]2O)[nH]c2ccccc12)C(=O)O. The number of nitrogens with one attached hydrogen (secondary N) is 1. The lowest BCUT2D eigenvalue weighted by Crippen LogP contribution is -2.55. The Kier molecular flexibility index (Phi) is 5.28. The summed E-state index contributed by atoms with van der Waals surface area (Å²) in [6.07, 6.45) is -6.65. The van der Waals surface area contributed by atoms with Crippen molar-refractivity contribution in [3.8, 4) is 0 Å². The molecule has 1 saturated heterocycles. The third kappa shape index (κ3) is 3.20. The number of hydrogen-bond acceptors (Lipinski definition) is 7. The minimum absolute atomic E-state index is 0.0241. The first-order valence-corrected chi connectivity index (χ1v) is 8.23. The number of ether oxygens (including phenoxy) is 1. The quantitative estimate of drug-likeness (QED) is 0.340. The number of para-hydroxylation sites is 1. The van der Waals surface area contributed by atoms with E-state index in [-0.39, 0.29) is 6.42 Å². The Hall–Kier alpha value is -2.01. The molecule has 1 aromatic heterocycles. The first kappa shape index (κ1) is 18.8. The number of aromatic nitrogens is 1. The van der Waals surface area contributed by atoms with Gasteiger partial charge < -0.3 is 41.0 Å². The van der Waals surface area contributed by atoms with E-state index in [4.69, 9.17) is 15.6 Å². The van der Waals surface area contributed by atoms with Gasteiger partial charge in [-0.1, -0.05) is 18.2 Å². The van der Waals surface area contributed by atoms with Crippen LogP contribution >= 0.6 is 0 Å². The molecule has 1 aromatic carbocycles. The van der Waals surface area contributed by atoms with E-state index < -0.39 is 49.1 Å². The van der Waals surface area contributed by atoms with Crippen LogP contribution < -0.4 is 5.73 Å². The summed E-state index contributed by atoms with van der Waals surface area (Å²) in [5.74, 6) is -1.17. The molecule has 6 atom stereocenters. The van der Waals surface area contributed by atoms with E-state index in [1.807, 2.05) is 0 Å². The molecular formula is C17H22N2O7. The number of aliphatic hydroxyl groups is 4. The maximum Gasteiger partial charge on any atom is 0.320 e. The van der Waals surface area contributed by atoms with Gasteiger partial charge in [0.1, 0.15) is 36.6 Å². The van der Waals surface area contributed by atoms with Gasteiger partial charge in [-0.05, 0) is 11.6 Å². The maximum absolute atomic E-state index is 11.2. The van der Waals surface area contributed by atoms with Gasteiger partial charge in [-0.3, -0.25) is 4.79 Å². The number of carbonyl (C=O) groups is 1. The Morgan fingerprint density at radius 2 is 1.88 bits per heavy atom. The lowest BCUT2D eigenvalue weighted by molar-refractivity contribution is -0.232.